The van der Waals surface area contributed by atoms with Crippen LogP contribution in [0.3, 0.4) is 0 Å². The highest BCUT2D eigenvalue weighted by Crippen LogP contribution is 2.22. The van der Waals surface area contributed by atoms with Gasteiger partial charge in [-0.05, 0) is 40.5 Å². The smallest absolute Gasteiger partial charge is 0.164 e. The van der Waals surface area contributed by atoms with Gasteiger partial charge >= 0.3 is 0 Å². The molecule has 0 aliphatic heterocycles. The molecule has 0 unspecified atom stereocenters. The van der Waals surface area contributed by atoms with Crippen molar-refractivity contribution in [1.29, 1.82) is 0 Å². The van der Waals surface area contributed by atoms with Gasteiger partial charge in [0, 0.05) is 22.1 Å². The number of carbonyl (C=O) groups is 1. The number of nitrogens with two attached hydrogens (primary N) is 1. The minimum absolute atomic E-state index is 0.209. The average molecular weight is 326 g/mol. The Labute approximate surface area is 124 Å². The van der Waals surface area contributed by atoms with Gasteiger partial charge in [0.1, 0.15) is 0 Å². The van der Waals surface area contributed by atoms with Gasteiger partial charge in [0.25, 0.3) is 0 Å². The van der Waals surface area contributed by atoms with Crippen molar-refractivity contribution >= 4 is 27.4 Å². The predicted octanol–water partition coefficient (Wildman–Crippen LogP) is 5.35. The Hall–Kier alpha value is -0.830. The van der Waals surface area contributed by atoms with Gasteiger partial charge in [-0.15, -0.1) is 0 Å². The number of nitrogen functional groups attached to an aromatic ring is 1. The molecule has 0 radical (unpaired) electrons. The van der Waals surface area contributed by atoms with Crippen LogP contribution in [-0.4, -0.2) is 5.78 Å². The first-order valence-corrected chi connectivity index (χ1v) is 8.02. The number of ketones is 1. The number of hydrogen-bond acceptors (Lipinski definition) is 2. The normalized spacial score (nSPS) is 10.6. The van der Waals surface area contributed by atoms with Gasteiger partial charge in [-0.3, -0.25) is 4.79 Å². The Morgan fingerprint density at radius 1 is 1.11 bits per heavy atom. The van der Waals surface area contributed by atoms with Crippen molar-refractivity contribution in [2.45, 2.75) is 58.3 Å². The summed E-state index contributed by atoms with van der Waals surface area (Å²) in [6.45, 7) is 2.23. The van der Waals surface area contributed by atoms with Crippen molar-refractivity contribution in [3.05, 3.63) is 28.2 Å². The Kier molecular flexibility index (Phi) is 7.80. The lowest BCUT2D eigenvalue weighted by Gasteiger charge is -2.05. The molecule has 0 fully saturated rings. The number of carbonyl (C=O) groups excluding carboxylic acids is 1. The number of anilines is 1. The van der Waals surface area contributed by atoms with Crippen LogP contribution in [0.15, 0.2) is 22.7 Å². The van der Waals surface area contributed by atoms with Crippen LogP contribution in [0.2, 0.25) is 0 Å². The summed E-state index contributed by atoms with van der Waals surface area (Å²) in [6, 6.07) is 5.38. The van der Waals surface area contributed by atoms with E-state index < -0.39 is 0 Å². The van der Waals surface area contributed by atoms with E-state index in [1.54, 1.807) is 12.1 Å². The first-order chi connectivity index (χ1) is 9.15. The van der Waals surface area contributed by atoms with E-state index in [1.165, 1.54) is 32.1 Å². The van der Waals surface area contributed by atoms with Gasteiger partial charge in [0.05, 0.1) is 0 Å². The maximum absolute atomic E-state index is 12.0. The predicted molar refractivity (Wildman–Crippen MR) is 85.5 cm³/mol. The fourth-order valence-electron chi connectivity index (χ4n) is 2.13. The lowest BCUT2D eigenvalue weighted by atomic mass is 10.0. The fraction of sp³-hybridized carbons (Fsp3) is 0.562. The molecule has 0 saturated carbocycles. The quantitative estimate of drug-likeness (QED) is 0.377. The molecule has 3 heteroatoms. The third-order valence-corrected chi connectivity index (χ3v) is 3.96. The topological polar surface area (TPSA) is 43.1 Å². The average Bonchev–Trinajstić information content (AvgIpc) is 2.37. The molecule has 19 heavy (non-hydrogen) atoms. The van der Waals surface area contributed by atoms with E-state index in [-0.39, 0.29) is 5.78 Å². The first-order valence-electron chi connectivity index (χ1n) is 7.23. The molecule has 0 aliphatic carbocycles. The summed E-state index contributed by atoms with van der Waals surface area (Å²) in [6.07, 6.45) is 9.26. The van der Waals surface area contributed by atoms with Gasteiger partial charge in [-0.1, -0.05) is 45.4 Å². The second-order valence-corrected chi connectivity index (χ2v) is 5.89. The lowest BCUT2D eigenvalue weighted by Crippen LogP contribution is -2.01. The van der Waals surface area contributed by atoms with E-state index >= 15 is 0 Å². The number of unbranched alkanes of at least 4 members (excludes halogenated alkanes) is 6. The van der Waals surface area contributed by atoms with E-state index in [0.29, 0.717) is 12.1 Å². The standard InChI is InChI=1S/C16H24BrNO/c1-2-3-4-5-6-7-8-9-16(19)14-11-10-13(18)12-15(14)17/h10-12H,2-9,18H2,1H3. The van der Waals surface area contributed by atoms with Crippen molar-refractivity contribution in [3.63, 3.8) is 0 Å². The van der Waals surface area contributed by atoms with Gasteiger partial charge in [-0.25, -0.2) is 0 Å². The molecule has 0 atom stereocenters. The van der Waals surface area contributed by atoms with Crippen LogP contribution in [0.4, 0.5) is 5.69 Å². The Balaban J connectivity index is 2.24. The first kappa shape index (κ1) is 16.2. The molecule has 0 aromatic heterocycles. The summed E-state index contributed by atoms with van der Waals surface area (Å²) in [7, 11) is 0. The second-order valence-electron chi connectivity index (χ2n) is 5.03. The van der Waals surface area contributed by atoms with E-state index in [1.807, 2.05) is 6.07 Å². The minimum atomic E-state index is 0.209. The van der Waals surface area contributed by atoms with Crippen LogP contribution >= 0.6 is 15.9 Å². The Morgan fingerprint density at radius 3 is 2.37 bits per heavy atom. The van der Waals surface area contributed by atoms with Crippen LogP contribution in [0, 0.1) is 0 Å². The molecule has 0 saturated heterocycles. The summed E-state index contributed by atoms with van der Waals surface area (Å²) < 4.78 is 0.806. The Bertz CT molecular complexity index is 404. The van der Waals surface area contributed by atoms with Crippen LogP contribution < -0.4 is 5.73 Å². The van der Waals surface area contributed by atoms with Gasteiger partial charge in [0.2, 0.25) is 0 Å². The highest BCUT2D eigenvalue weighted by Gasteiger charge is 2.09. The Morgan fingerprint density at radius 2 is 1.74 bits per heavy atom. The number of benzene rings is 1. The highest BCUT2D eigenvalue weighted by atomic mass is 79.9. The van der Waals surface area contributed by atoms with Crippen molar-refractivity contribution in [2.75, 3.05) is 5.73 Å². The third kappa shape index (κ3) is 6.24. The molecule has 2 nitrogen and oxygen atoms in total. The highest BCUT2D eigenvalue weighted by molar-refractivity contribution is 9.10. The molecule has 0 amide bonds. The van der Waals surface area contributed by atoms with Crippen LogP contribution in [-0.2, 0) is 0 Å². The van der Waals surface area contributed by atoms with E-state index in [0.717, 1.165) is 22.9 Å². The van der Waals surface area contributed by atoms with Crippen LogP contribution in [0.1, 0.15) is 68.6 Å². The molecule has 1 rings (SSSR count). The van der Waals surface area contributed by atoms with Crippen LogP contribution in [0.5, 0.6) is 0 Å². The van der Waals surface area contributed by atoms with Crippen molar-refractivity contribution in [3.8, 4) is 0 Å². The number of rotatable bonds is 9. The minimum Gasteiger partial charge on any atom is -0.399 e. The number of halogens is 1. The maximum atomic E-state index is 12.0. The zero-order chi connectivity index (χ0) is 14.1. The monoisotopic (exact) mass is 325 g/mol. The maximum Gasteiger partial charge on any atom is 0.164 e. The molecule has 0 aliphatic rings. The lowest BCUT2D eigenvalue weighted by molar-refractivity contribution is 0.0978. The summed E-state index contributed by atoms with van der Waals surface area (Å²) >= 11 is 3.40. The van der Waals surface area contributed by atoms with Crippen molar-refractivity contribution in [2.24, 2.45) is 0 Å². The molecule has 0 heterocycles. The van der Waals surface area contributed by atoms with Crippen molar-refractivity contribution in [1.82, 2.24) is 0 Å². The molecule has 106 valence electrons. The van der Waals surface area contributed by atoms with Gasteiger partial charge < -0.3 is 5.73 Å². The molecular weight excluding hydrogens is 302 g/mol. The van der Waals surface area contributed by atoms with E-state index in [2.05, 4.69) is 22.9 Å². The molecular formula is C16H24BrNO. The molecule has 0 bridgehead atoms. The molecule has 1 aromatic rings. The summed E-state index contributed by atoms with van der Waals surface area (Å²) in [5.41, 5.74) is 7.10. The largest absolute Gasteiger partial charge is 0.399 e. The summed E-state index contributed by atoms with van der Waals surface area (Å²) in [5, 5.41) is 0. The molecule has 0 spiro atoms. The number of Topliss-reactive ketones (excluding diaryl/α,β-unsaturated/α-hetero) is 1. The zero-order valence-corrected chi connectivity index (χ0v) is 13.3. The SMILES string of the molecule is CCCCCCCCCC(=O)c1ccc(N)cc1Br. The van der Waals surface area contributed by atoms with Gasteiger partial charge in [-0.2, -0.15) is 0 Å². The van der Waals surface area contributed by atoms with Crippen molar-refractivity contribution < 1.29 is 4.79 Å². The van der Waals surface area contributed by atoms with E-state index in [4.69, 9.17) is 5.73 Å². The zero-order valence-electron chi connectivity index (χ0n) is 11.8. The number of hydrogen-bond donors (Lipinski definition) is 1. The third-order valence-electron chi connectivity index (χ3n) is 3.30. The second kappa shape index (κ2) is 9.13. The van der Waals surface area contributed by atoms with Gasteiger partial charge in [0.15, 0.2) is 5.78 Å². The fourth-order valence-corrected chi connectivity index (χ4v) is 2.75. The summed E-state index contributed by atoms with van der Waals surface area (Å²) in [5.74, 6) is 0.209. The molecule has 2 N–H and O–H groups in total. The van der Waals surface area contributed by atoms with Crippen LogP contribution in [0.25, 0.3) is 0 Å². The summed E-state index contributed by atoms with van der Waals surface area (Å²) in [4.78, 5) is 12.0. The molecule has 1 aromatic carbocycles. The van der Waals surface area contributed by atoms with E-state index in [9.17, 15) is 4.79 Å².